The van der Waals surface area contributed by atoms with E-state index >= 15 is 0 Å². The monoisotopic (exact) mass is 154 g/mol. The third kappa shape index (κ3) is 0.640. The molecule has 10 heavy (non-hydrogen) atoms. The van der Waals surface area contributed by atoms with E-state index < -0.39 is 0 Å². The summed E-state index contributed by atoms with van der Waals surface area (Å²) in [5.41, 5.74) is -0.376. The average Bonchev–Trinajstić information content (AvgIpc) is 2.36. The summed E-state index contributed by atoms with van der Waals surface area (Å²) in [6, 6.07) is 0. The molecule has 4 nitrogen and oxygen atoms in total. The molecular formula is C5H2N2O2S. The van der Waals surface area contributed by atoms with E-state index in [0.717, 1.165) is 6.39 Å². The van der Waals surface area contributed by atoms with Crippen molar-refractivity contribution >= 4 is 21.7 Å². The van der Waals surface area contributed by atoms with Crippen molar-refractivity contribution in [1.82, 2.24) is 9.36 Å². The molecule has 50 valence electrons. The molecule has 0 fully saturated rings. The Hall–Kier alpha value is -1.23. The normalized spacial score (nSPS) is 10.4. The van der Waals surface area contributed by atoms with Crippen molar-refractivity contribution in [3.63, 3.8) is 0 Å². The zero-order chi connectivity index (χ0) is 6.97. The third-order valence-corrected chi connectivity index (χ3v) is 1.81. The summed E-state index contributed by atoms with van der Waals surface area (Å²) in [5.74, 6) is 0. The average molecular weight is 154 g/mol. The fourth-order valence-electron chi connectivity index (χ4n) is 0.652. The third-order valence-electron chi connectivity index (χ3n) is 1.10. The number of hydrogen-bond donors (Lipinski definition) is 0. The SMILES string of the molecule is O=c1ocnc2sncc12. The van der Waals surface area contributed by atoms with Crippen molar-refractivity contribution in [2.45, 2.75) is 0 Å². The van der Waals surface area contributed by atoms with Gasteiger partial charge in [0.15, 0.2) is 11.2 Å². The molecule has 2 rings (SSSR count). The van der Waals surface area contributed by atoms with Crippen molar-refractivity contribution < 1.29 is 4.42 Å². The molecule has 0 aromatic carbocycles. The molecule has 0 saturated heterocycles. The van der Waals surface area contributed by atoms with Crippen molar-refractivity contribution in [3.8, 4) is 0 Å². The second-order valence-corrected chi connectivity index (χ2v) is 2.46. The van der Waals surface area contributed by atoms with Gasteiger partial charge in [-0.05, 0) is 11.5 Å². The lowest BCUT2D eigenvalue weighted by Gasteiger charge is -1.79. The molecule has 5 heteroatoms. The molecule has 0 saturated carbocycles. The van der Waals surface area contributed by atoms with Gasteiger partial charge in [0.2, 0.25) is 0 Å². The van der Waals surface area contributed by atoms with Crippen LogP contribution < -0.4 is 5.63 Å². The Kier molecular flexibility index (Phi) is 1.04. The van der Waals surface area contributed by atoms with Crippen LogP contribution in [0, 0.1) is 0 Å². The Morgan fingerprint density at radius 2 is 2.50 bits per heavy atom. The predicted octanol–water partition coefficient (Wildman–Crippen LogP) is 0.644. The molecule has 2 heterocycles. The van der Waals surface area contributed by atoms with Gasteiger partial charge >= 0.3 is 5.63 Å². The summed E-state index contributed by atoms with van der Waals surface area (Å²) < 4.78 is 8.28. The van der Waals surface area contributed by atoms with Crippen molar-refractivity contribution in [2.75, 3.05) is 0 Å². The molecule has 0 bridgehead atoms. The van der Waals surface area contributed by atoms with E-state index in [0.29, 0.717) is 10.2 Å². The van der Waals surface area contributed by atoms with Gasteiger partial charge in [-0.1, -0.05) is 0 Å². The number of nitrogens with zero attached hydrogens (tertiary/aromatic N) is 2. The number of hydrogen-bond acceptors (Lipinski definition) is 5. The lowest BCUT2D eigenvalue weighted by Crippen LogP contribution is -1.96. The van der Waals surface area contributed by atoms with Crippen molar-refractivity contribution in [2.24, 2.45) is 0 Å². The molecular weight excluding hydrogens is 152 g/mol. The van der Waals surface area contributed by atoms with Gasteiger partial charge in [0.1, 0.15) is 5.39 Å². The summed E-state index contributed by atoms with van der Waals surface area (Å²) in [4.78, 5) is 15.2. The van der Waals surface area contributed by atoms with Crippen LogP contribution in [0.25, 0.3) is 10.2 Å². The van der Waals surface area contributed by atoms with Gasteiger partial charge in [0.25, 0.3) is 0 Å². The molecule has 0 radical (unpaired) electrons. The summed E-state index contributed by atoms with van der Waals surface area (Å²) in [6.07, 6.45) is 2.58. The van der Waals surface area contributed by atoms with Crippen molar-refractivity contribution in [1.29, 1.82) is 0 Å². The maximum absolute atomic E-state index is 10.8. The van der Waals surface area contributed by atoms with E-state index in [1.165, 1.54) is 17.7 Å². The van der Waals surface area contributed by atoms with Gasteiger partial charge in [0.05, 0.1) is 6.20 Å². The van der Waals surface area contributed by atoms with E-state index in [1.807, 2.05) is 0 Å². The van der Waals surface area contributed by atoms with E-state index in [1.54, 1.807) is 0 Å². The van der Waals surface area contributed by atoms with Gasteiger partial charge in [-0.3, -0.25) is 0 Å². The highest BCUT2D eigenvalue weighted by Gasteiger charge is 2.00. The summed E-state index contributed by atoms with van der Waals surface area (Å²) >= 11 is 1.18. The molecule has 0 unspecified atom stereocenters. The Labute approximate surface area is 59.3 Å². The highest BCUT2D eigenvalue weighted by atomic mass is 32.1. The van der Waals surface area contributed by atoms with E-state index in [-0.39, 0.29) is 5.63 Å². The van der Waals surface area contributed by atoms with Gasteiger partial charge in [-0.25, -0.2) is 9.78 Å². The van der Waals surface area contributed by atoms with Crippen LogP contribution in [0.2, 0.25) is 0 Å². The quantitative estimate of drug-likeness (QED) is 0.558. The second kappa shape index (κ2) is 1.88. The molecule has 0 aliphatic rings. The van der Waals surface area contributed by atoms with E-state index in [9.17, 15) is 4.79 Å². The molecule has 0 spiro atoms. The van der Waals surface area contributed by atoms with Crippen LogP contribution in [-0.2, 0) is 0 Å². The largest absolute Gasteiger partial charge is 0.411 e. The summed E-state index contributed by atoms with van der Waals surface area (Å²) in [5, 5.41) is 0.451. The minimum atomic E-state index is -0.376. The summed E-state index contributed by atoms with van der Waals surface area (Å²) in [7, 11) is 0. The first-order valence-corrected chi connectivity index (χ1v) is 3.33. The fourth-order valence-corrected chi connectivity index (χ4v) is 1.23. The smallest absolute Gasteiger partial charge is 0.349 e. The Morgan fingerprint density at radius 1 is 1.60 bits per heavy atom. The number of rotatable bonds is 0. The predicted molar refractivity (Wildman–Crippen MR) is 36.0 cm³/mol. The standard InChI is InChI=1S/C5H2N2O2S/c8-5-3-1-7-10-4(3)6-2-9-5/h1-2H. The first-order chi connectivity index (χ1) is 4.88. The highest BCUT2D eigenvalue weighted by Crippen LogP contribution is 2.08. The maximum atomic E-state index is 10.8. The molecule has 0 aliphatic carbocycles. The van der Waals surface area contributed by atoms with Gasteiger partial charge in [-0.15, -0.1) is 0 Å². The van der Waals surface area contributed by atoms with Crippen LogP contribution in [0.4, 0.5) is 0 Å². The molecule has 0 amide bonds. The van der Waals surface area contributed by atoms with Crippen LogP contribution in [0.5, 0.6) is 0 Å². The Morgan fingerprint density at radius 3 is 3.30 bits per heavy atom. The molecule has 0 N–H and O–H groups in total. The molecule has 2 aromatic heterocycles. The lowest BCUT2D eigenvalue weighted by atomic mass is 10.5. The fraction of sp³-hybridized carbons (Fsp3) is 0. The second-order valence-electron chi connectivity index (χ2n) is 1.68. The zero-order valence-electron chi connectivity index (χ0n) is 4.77. The van der Waals surface area contributed by atoms with Gasteiger partial charge < -0.3 is 4.42 Å². The molecule has 2 aromatic rings. The molecule has 0 atom stereocenters. The van der Waals surface area contributed by atoms with Gasteiger partial charge in [0, 0.05) is 0 Å². The van der Waals surface area contributed by atoms with Crippen LogP contribution in [0.15, 0.2) is 21.8 Å². The number of aromatic nitrogens is 2. The van der Waals surface area contributed by atoms with Crippen LogP contribution in [0.1, 0.15) is 0 Å². The Balaban J connectivity index is 3.09. The van der Waals surface area contributed by atoms with Gasteiger partial charge in [-0.2, -0.15) is 4.37 Å². The van der Waals surface area contributed by atoms with Crippen molar-refractivity contribution in [3.05, 3.63) is 23.0 Å². The Bertz CT molecular complexity index is 405. The maximum Gasteiger partial charge on any atom is 0.349 e. The minimum absolute atomic E-state index is 0.376. The topological polar surface area (TPSA) is 56.0 Å². The minimum Gasteiger partial charge on any atom is -0.411 e. The molecule has 0 aliphatic heterocycles. The number of fused-ring (bicyclic) bond motifs is 1. The van der Waals surface area contributed by atoms with E-state index in [2.05, 4.69) is 13.8 Å². The lowest BCUT2D eigenvalue weighted by molar-refractivity contribution is 0.501. The van der Waals surface area contributed by atoms with E-state index in [4.69, 9.17) is 0 Å². The van der Waals surface area contributed by atoms with Crippen LogP contribution in [-0.4, -0.2) is 9.36 Å². The van der Waals surface area contributed by atoms with Crippen LogP contribution in [0.3, 0.4) is 0 Å². The summed E-state index contributed by atoms with van der Waals surface area (Å²) in [6.45, 7) is 0. The first kappa shape index (κ1) is 5.55. The first-order valence-electron chi connectivity index (χ1n) is 2.56. The zero-order valence-corrected chi connectivity index (χ0v) is 5.59. The van der Waals surface area contributed by atoms with Crippen LogP contribution >= 0.6 is 11.5 Å². The highest BCUT2D eigenvalue weighted by molar-refractivity contribution is 7.12.